The van der Waals surface area contributed by atoms with Gasteiger partial charge in [0.2, 0.25) is 5.95 Å². The van der Waals surface area contributed by atoms with E-state index in [2.05, 4.69) is 56.6 Å². The van der Waals surface area contributed by atoms with E-state index in [0.717, 1.165) is 41.6 Å². The second-order valence-electron chi connectivity index (χ2n) is 11.4. The van der Waals surface area contributed by atoms with Gasteiger partial charge in [-0.1, -0.05) is 23.7 Å². The number of halogens is 1. The predicted molar refractivity (Wildman–Crippen MR) is 163 cm³/mol. The Kier molecular flexibility index (Phi) is 7.82. The molecule has 2 fully saturated rings. The zero-order valence-corrected chi connectivity index (χ0v) is 25.0. The van der Waals surface area contributed by atoms with Gasteiger partial charge in [0.05, 0.1) is 24.7 Å². The van der Waals surface area contributed by atoms with E-state index in [0.29, 0.717) is 27.9 Å². The summed E-state index contributed by atoms with van der Waals surface area (Å²) in [6, 6.07) is 14.4. The summed E-state index contributed by atoms with van der Waals surface area (Å²) in [4.78, 5) is 13.8. The third-order valence-corrected chi connectivity index (χ3v) is 10.00. The molecule has 2 aliphatic rings. The summed E-state index contributed by atoms with van der Waals surface area (Å²) < 4.78 is 18.5. The first-order valence-corrected chi connectivity index (χ1v) is 16.4. The fourth-order valence-corrected chi connectivity index (χ4v) is 7.04. The van der Waals surface area contributed by atoms with Crippen molar-refractivity contribution in [1.29, 1.82) is 0 Å². The third-order valence-electron chi connectivity index (χ3n) is 8.17. The van der Waals surface area contributed by atoms with E-state index in [9.17, 15) is 4.57 Å². The highest BCUT2D eigenvalue weighted by atomic mass is 35.5. The molecule has 1 aliphatic carbocycles. The molecule has 0 atom stereocenters. The number of nitrogens with zero attached hydrogens (tertiary/aromatic N) is 4. The van der Waals surface area contributed by atoms with Gasteiger partial charge in [-0.3, -0.25) is 0 Å². The van der Waals surface area contributed by atoms with Crippen molar-refractivity contribution >= 4 is 52.9 Å². The van der Waals surface area contributed by atoms with Crippen LogP contribution in [0.15, 0.2) is 48.7 Å². The average molecular weight is 569 g/mol. The molecule has 10 heteroatoms. The molecule has 2 N–H and O–H groups in total. The van der Waals surface area contributed by atoms with Gasteiger partial charge in [0, 0.05) is 36.2 Å². The Hall–Kier alpha value is -2.80. The van der Waals surface area contributed by atoms with E-state index in [1.54, 1.807) is 26.6 Å². The number of hydrogen-bond donors (Lipinski definition) is 2. The summed E-state index contributed by atoms with van der Waals surface area (Å²) in [6.07, 6.45) is 6.66. The quantitative estimate of drug-likeness (QED) is 0.312. The summed E-state index contributed by atoms with van der Waals surface area (Å²) in [5, 5.41) is 7.63. The van der Waals surface area contributed by atoms with Crippen LogP contribution in [0.3, 0.4) is 0 Å². The number of ether oxygens (including phenoxy) is 1. The number of methoxy groups -OCH3 is 1. The van der Waals surface area contributed by atoms with Crippen LogP contribution in [0.2, 0.25) is 5.02 Å². The summed E-state index contributed by atoms with van der Waals surface area (Å²) >= 11 is 6.42. The molecule has 1 spiro atoms. The molecule has 39 heavy (non-hydrogen) atoms. The van der Waals surface area contributed by atoms with Crippen molar-refractivity contribution in [2.75, 3.05) is 63.2 Å². The van der Waals surface area contributed by atoms with Crippen LogP contribution in [-0.4, -0.2) is 68.5 Å². The SMILES string of the molecule is COc1cc(N2CCC3(CC2)CC(N(C)C)C3)ccc1Nc1ncc(Cl)c(Nc2ccccc2P(C)(C)=O)n1. The van der Waals surface area contributed by atoms with Crippen LogP contribution in [0.4, 0.5) is 28.8 Å². The molecule has 1 saturated heterocycles. The van der Waals surface area contributed by atoms with Gasteiger partial charge >= 0.3 is 0 Å². The van der Waals surface area contributed by atoms with E-state index in [-0.39, 0.29) is 0 Å². The molecular formula is C29H38ClN6O2P. The maximum absolute atomic E-state index is 12.8. The van der Waals surface area contributed by atoms with E-state index in [4.69, 9.17) is 16.3 Å². The molecule has 0 unspecified atom stereocenters. The Morgan fingerprint density at radius 2 is 1.79 bits per heavy atom. The maximum atomic E-state index is 12.8. The van der Waals surface area contributed by atoms with Gasteiger partial charge in [-0.2, -0.15) is 4.98 Å². The lowest BCUT2D eigenvalue weighted by Gasteiger charge is -2.54. The summed E-state index contributed by atoms with van der Waals surface area (Å²) in [5.74, 6) is 1.53. The molecular weight excluding hydrogens is 531 g/mol. The second-order valence-corrected chi connectivity index (χ2v) is 15.0. The third kappa shape index (κ3) is 6.03. The molecule has 1 aromatic heterocycles. The minimum atomic E-state index is -2.50. The van der Waals surface area contributed by atoms with Crippen molar-refractivity contribution in [1.82, 2.24) is 14.9 Å². The number of aromatic nitrogens is 2. The van der Waals surface area contributed by atoms with Gasteiger partial charge in [-0.15, -0.1) is 0 Å². The number of nitrogens with one attached hydrogen (secondary N) is 2. The lowest BCUT2D eigenvalue weighted by molar-refractivity contribution is 0.00490. The topological polar surface area (TPSA) is 82.6 Å². The van der Waals surface area contributed by atoms with Crippen LogP contribution in [0.1, 0.15) is 25.7 Å². The zero-order valence-electron chi connectivity index (χ0n) is 23.4. The number of para-hydroxylation sites is 1. The molecule has 1 aliphatic heterocycles. The van der Waals surface area contributed by atoms with Gasteiger partial charge in [0.15, 0.2) is 5.82 Å². The molecule has 8 nitrogen and oxygen atoms in total. The molecule has 3 aromatic rings. The molecule has 2 aromatic carbocycles. The summed E-state index contributed by atoms with van der Waals surface area (Å²) in [7, 11) is 3.55. The van der Waals surface area contributed by atoms with Crippen LogP contribution in [0.25, 0.3) is 0 Å². The van der Waals surface area contributed by atoms with Crippen molar-refractivity contribution < 1.29 is 9.30 Å². The average Bonchev–Trinajstić information content (AvgIpc) is 2.89. The van der Waals surface area contributed by atoms with Crippen LogP contribution >= 0.6 is 18.7 Å². The van der Waals surface area contributed by atoms with Crippen LogP contribution in [0.5, 0.6) is 5.75 Å². The molecule has 5 rings (SSSR count). The maximum Gasteiger partial charge on any atom is 0.229 e. The Balaban J connectivity index is 1.29. The van der Waals surface area contributed by atoms with Crippen LogP contribution in [-0.2, 0) is 4.57 Å². The monoisotopic (exact) mass is 568 g/mol. The first-order valence-electron chi connectivity index (χ1n) is 13.4. The highest BCUT2D eigenvalue weighted by Crippen LogP contribution is 2.51. The van der Waals surface area contributed by atoms with Gasteiger partial charge in [-0.05, 0) is 82.8 Å². The van der Waals surface area contributed by atoms with Gasteiger partial charge in [-0.25, -0.2) is 4.98 Å². The first kappa shape index (κ1) is 27.8. The normalized spacial score (nSPS) is 17.3. The second kappa shape index (κ2) is 11.0. The Morgan fingerprint density at radius 3 is 2.46 bits per heavy atom. The number of anilines is 5. The standard InChI is InChI=1S/C29H38ClN6O2P/c1-35(2)21-17-29(18-21)12-14-36(15-13-29)20-10-11-23(25(16-20)38-3)33-28-31-19-22(30)27(34-28)32-24-8-6-7-9-26(24)39(4,5)37/h6-11,16,19,21H,12-15,17-18H2,1-5H3,(H2,31,32,33,34). The first-order chi connectivity index (χ1) is 18.6. The number of piperidine rings is 1. The summed E-state index contributed by atoms with van der Waals surface area (Å²) in [5.41, 5.74) is 3.17. The van der Waals surface area contributed by atoms with Gasteiger partial charge < -0.3 is 29.7 Å². The van der Waals surface area contributed by atoms with E-state index in [1.807, 2.05) is 30.3 Å². The smallest absolute Gasteiger partial charge is 0.229 e. The molecule has 0 amide bonds. The minimum Gasteiger partial charge on any atom is -0.494 e. The number of hydrogen-bond acceptors (Lipinski definition) is 8. The molecule has 208 valence electrons. The van der Waals surface area contributed by atoms with Crippen molar-refractivity contribution in [3.05, 3.63) is 53.7 Å². The lowest BCUT2D eigenvalue weighted by Crippen LogP contribution is -2.53. The van der Waals surface area contributed by atoms with Crippen molar-refractivity contribution in [3.63, 3.8) is 0 Å². The Bertz CT molecular complexity index is 1380. The van der Waals surface area contributed by atoms with Gasteiger partial charge in [0.1, 0.15) is 17.9 Å². The fourth-order valence-electron chi connectivity index (χ4n) is 5.74. The molecule has 2 heterocycles. The Labute approximate surface area is 236 Å². The fraction of sp³-hybridized carbons (Fsp3) is 0.448. The highest BCUT2D eigenvalue weighted by Gasteiger charge is 2.46. The molecule has 1 saturated carbocycles. The summed E-state index contributed by atoms with van der Waals surface area (Å²) in [6.45, 7) is 5.62. The number of rotatable bonds is 8. The van der Waals surface area contributed by atoms with Crippen LogP contribution < -0.4 is 25.6 Å². The van der Waals surface area contributed by atoms with Crippen molar-refractivity contribution in [2.45, 2.75) is 31.7 Å². The lowest BCUT2D eigenvalue weighted by atomic mass is 9.60. The minimum absolute atomic E-state index is 0.367. The van der Waals surface area contributed by atoms with Gasteiger partial charge in [0.25, 0.3) is 0 Å². The van der Waals surface area contributed by atoms with Crippen molar-refractivity contribution in [2.24, 2.45) is 5.41 Å². The van der Waals surface area contributed by atoms with E-state index in [1.165, 1.54) is 25.7 Å². The zero-order chi connectivity index (χ0) is 27.8. The highest BCUT2D eigenvalue weighted by molar-refractivity contribution is 7.70. The van der Waals surface area contributed by atoms with E-state index < -0.39 is 7.14 Å². The number of benzene rings is 2. The molecule has 0 radical (unpaired) electrons. The van der Waals surface area contributed by atoms with Crippen LogP contribution in [0, 0.1) is 5.41 Å². The largest absolute Gasteiger partial charge is 0.494 e. The predicted octanol–water partition coefficient (Wildman–Crippen LogP) is 6.18. The molecule has 0 bridgehead atoms. The Morgan fingerprint density at radius 1 is 1.08 bits per heavy atom. The van der Waals surface area contributed by atoms with E-state index >= 15 is 0 Å². The van der Waals surface area contributed by atoms with Crippen molar-refractivity contribution in [3.8, 4) is 5.75 Å².